The first-order valence-electron chi connectivity index (χ1n) is 20.9. The van der Waals surface area contributed by atoms with E-state index in [9.17, 15) is 30.3 Å². The number of carbonyl (C=O) groups excluding carboxylic acids is 1. The fourth-order valence-corrected chi connectivity index (χ4v) is 6.68. The largest absolute Gasteiger partial charge is 0.394 e. The van der Waals surface area contributed by atoms with Crippen LogP contribution >= 0.6 is 0 Å². The van der Waals surface area contributed by atoms with Crippen molar-refractivity contribution < 1.29 is 39.8 Å². The summed E-state index contributed by atoms with van der Waals surface area (Å²) in [7, 11) is 0. The lowest BCUT2D eigenvalue weighted by atomic mass is 9.99. The molecule has 0 aromatic heterocycles. The van der Waals surface area contributed by atoms with Crippen molar-refractivity contribution in [2.45, 2.75) is 230 Å². The van der Waals surface area contributed by atoms with Gasteiger partial charge in [0.2, 0.25) is 5.91 Å². The molecule has 0 saturated carbocycles. The van der Waals surface area contributed by atoms with Crippen LogP contribution in [0.25, 0.3) is 0 Å². The first-order valence-corrected chi connectivity index (χ1v) is 20.9. The Morgan fingerprint density at radius 2 is 1.12 bits per heavy atom. The highest BCUT2D eigenvalue weighted by molar-refractivity contribution is 5.76. The van der Waals surface area contributed by atoms with Crippen molar-refractivity contribution in [1.29, 1.82) is 0 Å². The summed E-state index contributed by atoms with van der Waals surface area (Å²) in [6, 6.07) is -0.727. The predicted octanol–water partition coefficient (Wildman–Crippen LogP) is 7.78. The smallest absolute Gasteiger partial charge is 0.220 e. The van der Waals surface area contributed by atoms with E-state index in [2.05, 4.69) is 31.3 Å². The van der Waals surface area contributed by atoms with E-state index in [0.717, 1.165) is 44.9 Å². The van der Waals surface area contributed by atoms with Crippen molar-refractivity contribution in [3.63, 3.8) is 0 Å². The van der Waals surface area contributed by atoms with Gasteiger partial charge in [0, 0.05) is 6.42 Å². The van der Waals surface area contributed by atoms with Gasteiger partial charge in [0.1, 0.15) is 24.4 Å². The molecule has 9 nitrogen and oxygen atoms in total. The molecule has 1 amide bonds. The van der Waals surface area contributed by atoms with E-state index in [1.807, 2.05) is 0 Å². The Balaban J connectivity index is 2.40. The van der Waals surface area contributed by atoms with Gasteiger partial charge in [0.05, 0.1) is 25.4 Å². The number of ether oxygens (including phenoxy) is 2. The minimum Gasteiger partial charge on any atom is -0.394 e. The van der Waals surface area contributed by atoms with Gasteiger partial charge >= 0.3 is 0 Å². The van der Waals surface area contributed by atoms with E-state index >= 15 is 0 Å². The SMILES string of the molecule is CCCCCCCCCC/C=C/CCCC[C@@H](O)[C@H](CO[C@@H]1O[C@H](CO)[C@@H](O)C(O)C1O)NC(=O)CCCCCCCCCCCCCCC. The van der Waals surface area contributed by atoms with Crippen LogP contribution in [0.5, 0.6) is 0 Å². The Hall–Kier alpha value is -1.07. The van der Waals surface area contributed by atoms with Crippen molar-refractivity contribution in [2.75, 3.05) is 13.2 Å². The average molecular weight is 714 g/mol. The molecule has 6 N–H and O–H groups in total. The lowest BCUT2D eigenvalue weighted by Gasteiger charge is -2.40. The van der Waals surface area contributed by atoms with Gasteiger partial charge < -0.3 is 40.3 Å². The normalized spacial score (nSPS) is 22.3. The van der Waals surface area contributed by atoms with Crippen LogP contribution in [0.4, 0.5) is 0 Å². The Kier molecular flexibility index (Phi) is 30.6. The first-order chi connectivity index (χ1) is 24.3. The molecule has 1 fully saturated rings. The Labute approximate surface area is 306 Å². The molecule has 1 aliphatic rings. The molecule has 1 saturated heterocycles. The Morgan fingerprint density at radius 3 is 1.62 bits per heavy atom. The second-order valence-corrected chi connectivity index (χ2v) is 14.8. The predicted molar refractivity (Wildman–Crippen MR) is 203 cm³/mol. The van der Waals surface area contributed by atoms with Gasteiger partial charge in [-0.3, -0.25) is 4.79 Å². The fraction of sp³-hybridized carbons (Fsp3) is 0.927. The highest BCUT2D eigenvalue weighted by atomic mass is 16.7. The highest BCUT2D eigenvalue weighted by Crippen LogP contribution is 2.23. The van der Waals surface area contributed by atoms with Crippen molar-refractivity contribution in [3.05, 3.63) is 12.2 Å². The van der Waals surface area contributed by atoms with Crippen LogP contribution in [-0.4, -0.2) is 87.5 Å². The Morgan fingerprint density at radius 1 is 0.660 bits per heavy atom. The van der Waals surface area contributed by atoms with Gasteiger partial charge in [-0.05, 0) is 38.5 Å². The number of amides is 1. The molecule has 1 rings (SSSR count). The third-order valence-electron chi connectivity index (χ3n) is 10.1. The topological polar surface area (TPSA) is 149 Å². The second-order valence-electron chi connectivity index (χ2n) is 14.8. The third kappa shape index (κ3) is 23.5. The quantitative estimate of drug-likeness (QED) is 0.0293. The maximum Gasteiger partial charge on any atom is 0.220 e. The maximum absolute atomic E-state index is 12.9. The zero-order chi connectivity index (χ0) is 36.7. The number of carbonyl (C=O) groups is 1. The third-order valence-corrected chi connectivity index (χ3v) is 10.1. The average Bonchev–Trinajstić information content (AvgIpc) is 3.11. The van der Waals surface area contributed by atoms with E-state index in [1.165, 1.54) is 116 Å². The fourth-order valence-electron chi connectivity index (χ4n) is 6.68. The summed E-state index contributed by atoms with van der Waals surface area (Å²) in [6.07, 6.45) is 27.9. The van der Waals surface area contributed by atoms with Gasteiger partial charge in [0.25, 0.3) is 0 Å². The van der Waals surface area contributed by atoms with Gasteiger partial charge in [-0.1, -0.05) is 154 Å². The van der Waals surface area contributed by atoms with E-state index in [1.54, 1.807) is 0 Å². The summed E-state index contributed by atoms with van der Waals surface area (Å²) in [6.45, 7) is 3.80. The molecule has 1 aliphatic heterocycles. The summed E-state index contributed by atoms with van der Waals surface area (Å²) in [4.78, 5) is 12.9. The molecule has 0 spiro atoms. The number of unbranched alkanes of at least 4 members (excludes halogenated alkanes) is 22. The number of rotatable bonds is 34. The molecule has 1 heterocycles. The van der Waals surface area contributed by atoms with Crippen molar-refractivity contribution in [2.24, 2.45) is 0 Å². The molecule has 7 atom stereocenters. The molecule has 9 heteroatoms. The van der Waals surface area contributed by atoms with E-state index in [0.29, 0.717) is 12.8 Å². The van der Waals surface area contributed by atoms with Gasteiger partial charge in [-0.25, -0.2) is 0 Å². The van der Waals surface area contributed by atoms with E-state index in [-0.39, 0.29) is 12.5 Å². The summed E-state index contributed by atoms with van der Waals surface area (Å²) >= 11 is 0. The Bertz CT molecular complexity index is 797. The molecule has 0 bridgehead atoms. The summed E-state index contributed by atoms with van der Waals surface area (Å²) in [5.41, 5.74) is 0. The molecule has 0 aromatic carbocycles. The molecule has 0 radical (unpaired) electrons. The molecule has 296 valence electrons. The molecule has 50 heavy (non-hydrogen) atoms. The number of hydrogen-bond donors (Lipinski definition) is 6. The molecule has 0 aliphatic carbocycles. The van der Waals surface area contributed by atoms with Crippen LogP contribution in [0.15, 0.2) is 12.2 Å². The second kappa shape index (κ2) is 32.6. The van der Waals surface area contributed by atoms with Crippen LogP contribution in [0.3, 0.4) is 0 Å². The molecular formula is C41H79NO8. The first kappa shape index (κ1) is 47.0. The molecule has 2 unspecified atom stereocenters. The van der Waals surface area contributed by atoms with Gasteiger partial charge in [-0.15, -0.1) is 0 Å². The number of nitrogens with one attached hydrogen (secondary N) is 1. The minimum absolute atomic E-state index is 0.146. The maximum atomic E-state index is 12.9. The summed E-state index contributed by atoms with van der Waals surface area (Å²) < 4.78 is 11.2. The standard InChI is InChI=1S/C41H79NO8/c1-3-5-7-9-11-13-15-17-19-20-22-24-26-28-30-35(44)34(33-49-41-40(48)39(47)38(46)36(32-43)50-41)42-37(45)31-29-27-25-23-21-18-16-14-12-10-8-6-4-2/h20,22,34-36,38-41,43-44,46-48H,3-19,21,23-33H2,1-2H3,(H,42,45)/b22-20+/t34-,35+,36+,38+,39?,40?,41+/m0/s1. The number of aliphatic hydroxyl groups is 5. The number of aliphatic hydroxyl groups excluding tert-OH is 5. The van der Waals surface area contributed by atoms with Crippen molar-refractivity contribution in [1.82, 2.24) is 5.32 Å². The van der Waals surface area contributed by atoms with Gasteiger partial charge in [-0.2, -0.15) is 0 Å². The van der Waals surface area contributed by atoms with Gasteiger partial charge in [0.15, 0.2) is 6.29 Å². The van der Waals surface area contributed by atoms with E-state index in [4.69, 9.17) is 9.47 Å². The summed E-state index contributed by atoms with van der Waals surface area (Å²) in [5, 5.41) is 54.1. The minimum atomic E-state index is -1.55. The zero-order valence-corrected chi connectivity index (χ0v) is 32.2. The number of hydrogen-bond acceptors (Lipinski definition) is 8. The van der Waals surface area contributed by atoms with Crippen LogP contribution < -0.4 is 5.32 Å². The van der Waals surface area contributed by atoms with Crippen LogP contribution in [0.2, 0.25) is 0 Å². The lowest BCUT2D eigenvalue weighted by molar-refractivity contribution is -0.302. The zero-order valence-electron chi connectivity index (χ0n) is 32.2. The summed E-state index contributed by atoms with van der Waals surface area (Å²) in [5.74, 6) is -0.154. The molecule has 0 aromatic rings. The number of allylic oxidation sites excluding steroid dienone is 2. The van der Waals surface area contributed by atoms with Crippen LogP contribution in [-0.2, 0) is 14.3 Å². The monoisotopic (exact) mass is 714 g/mol. The lowest BCUT2D eigenvalue weighted by Crippen LogP contribution is -2.60. The van der Waals surface area contributed by atoms with E-state index < -0.39 is 49.5 Å². The van der Waals surface area contributed by atoms with Crippen molar-refractivity contribution >= 4 is 5.91 Å². The van der Waals surface area contributed by atoms with Crippen molar-refractivity contribution in [3.8, 4) is 0 Å². The van der Waals surface area contributed by atoms with Crippen LogP contribution in [0, 0.1) is 0 Å². The highest BCUT2D eigenvalue weighted by Gasteiger charge is 2.44. The van der Waals surface area contributed by atoms with Crippen LogP contribution in [0.1, 0.15) is 187 Å². The molecular weight excluding hydrogens is 634 g/mol.